The zero-order valence-electron chi connectivity index (χ0n) is 20.6. The number of aromatic nitrogens is 6. The van der Waals surface area contributed by atoms with E-state index in [4.69, 9.17) is 15.5 Å². The highest BCUT2D eigenvalue weighted by Gasteiger charge is 2.32. The molecule has 1 aliphatic heterocycles. The average Bonchev–Trinajstić information content (AvgIpc) is 3.48. The van der Waals surface area contributed by atoms with E-state index in [2.05, 4.69) is 27.0 Å². The lowest BCUT2D eigenvalue weighted by atomic mass is 9.92. The summed E-state index contributed by atoms with van der Waals surface area (Å²) in [7, 11) is 1.47. The number of anilines is 2. The Hall–Kier alpha value is -3.47. The van der Waals surface area contributed by atoms with Crippen molar-refractivity contribution in [3.63, 3.8) is 0 Å². The van der Waals surface area contributed by atoms with Crippen molar-refractivity contribution in [2.24, 2.45) is 0 Å². The Kier molecular flexibility index (Phi) is 5.54. The van der Waals surface area contributed by atoms with Gasteiger partial charge in [-0.15, -0.1) is 5.10 Å². The summed E-state index contributed by atoms with van der Waals surface area (Å²) in [5.74, 6) is 0.710. The second-order valence-corrected chi connectivity index (χ2v) is 9.93. The molecule has 35 heavy (non-hydrogen) atoms. The fourth-order valence-electron chi connectivity index (χ4n) is 4.66. The summed E-state index contributed by atoms with van der Waals surface area (Å²) in [6, 6.07) is 2.97. The number of nitrogens with two attached hydrogens (primary N) is 1. The molecule has 1 fully saturated rings. The molecule has 3 unspecified atom stereocenters. The van der Waals surface area contributed by atoms with Crippen LogP contribution in [0.3, 0.4) is 0 Å². The number of aliphatic hydroxyl groups is 1. The lowest BCUT2D eigenvalue weighted by molar-refractivity contribution is 0.0647. The van der Waals surface area contributed by atoms with E-state index in [1.807, 2.05) is 30.9 Å². The Balaban J connectivity index is 1.51. The highest BCUT2D eigenvalue weighted by molar-refractivity contribution is 5.95. The molecule has 4 aromatic rings. The number of aliphatic hydroxyl groups excluding tert-OH is 1. The van der Waals surface area contributed by atoms with Gasteiger partial charge in [-0.25, -0.2) is 14.4 Å². The third-order valence-electron chi connectivity index (χ3n) is 7.33. The summed E-state index contributed by atoms with van der Waals surface area (Å²) in [6.07, 6.45) is 5.12. The molecule has 0 saturated carbocycles. The Bertz CT molecular complexity index is 1400. The van der Waals surface area contributed by atoms with E-state index in [1.165, 1.54) is 23.8 Å². The molecule has 5 rings (SSSR count). The molecule has 0 spiro atoms. The van der Waals surface area contributed by atoms with Gasteiger partial charge in [0.25, 0.3) is 0 Å². The fourth-order valence-corrected chi connectivity index (χ4v) is 4.66. The summed E-state index contributed by atoms with van der Waals surface area (Å²) in [6.45, 7) is 8.56. The first-order valence-corrected chi connectivity index (χ1v) is 11.8. The molecule has 4 heterocycles. The number of methoxy groups -OCH3 is 1. The van der Waals surface area contributed by atoms with Gasteiger partial charge >= 0.3 is 0 Å². The van der Waals surface area contributed by atoms with E-state index < -0.39 is 17.5 Å². The normalized spacial score (nSPS) is 20.0. The lowest BCUT2D eigenvalue weighted by Gasteiger charge is -2.38. The van der Waals surface area contributed by atoms with E-state index in [-0.39, 0.29) is 11.9 Å². The van der Waals surface area contributed by atoms with E-state index in [0.717, 1.165) is 18.5 Å². The Labute approximate surface area is 202 Å². The quantitative estimate of drug-likeness (QED) is 0.445. The summed E-state index contributed by atoms with van der Waals surface area (Å²) in [5, 5.41) is 19.9. The maximum absolute atomic E-state index is 14.3. The standard InChI is InChI=1S/C24H31FN8O2/c1-13-6-7-15(11-31(13)17-10-27-32(12-17)24(3,4)14(2)34)21-29-22-18-8-16(25)9-19(35-5)20(18)28-23(26)33(22)30-21/h8-10,12-15,34H,6-7,11H2,1-5H3,(H2,26,28). The topological polar surface area (TPSA) is 120 Å². The van der Waals surface area contributed by atoms with Gasteiger partial charge in [0.15, 0.2) is 11.5 Å². The predicted molar refractivity (Wildman–Crippen MR) is 131 cm³/mol. The van der Waals surface area contributed by atoms with Gasteiger partial charge in [-0.1, -0.05) is 0 Å². The highest BCUT2D eigenvalue weighted by Crippen LogP contribution is 2.35. The fraction of sp³-hybridized carbons (Fsp3) is 0.500. The third-order valence-corrected chi connectivity index (χ3v) is 7.33. The molecule has 11 heteroatoms. The van der Waals surface area contributed by atoms with Gasteiger partial charge in [-0.05, 0) is 46.6 Å². The number of nitrogens with zero attached hydrogens (tertiary/aromatic N) is 7. The number of rotatable bonds is 5. The number of hydrogen-bond donors (Lipinski definition) is 2. The second kappa shape index (κ2) is 8.33. The van der Waals surface area contributed by atoms with Gasteiger partial charge in [0.2, 0.25) is 5.95 Å². The number of hydrogen-bond acceptors (Lipinski definition) is 8. The smallest absolute Gasteiger partial charge is 0.223 e. The molecule has 3 N–H and O–H groups in total. The van der Waals surface area contributed by atoms with Crippen LogP contribution in [0.25, 0.3) is 16.6 Å². The molecule has 1 aromatic carbocycles. The zero-order valence-corrected chi connectivity index (χ0v) is 20.6. The maximum atomic E-state index is 14.3. The van der Waals surface area contributed by atoms with Crippen LogP contribution in [0.5, 0.6) is 5.75 Å². The predicted octanol–water partition coefficient (Wildman–Crippen LogP) is 3.09. The number of ether oxygens (including phenoxy) is 1. The van der Waals surface area contributed by atoms with Gasteiger partial charge < -0.3 is 20.5 Å². The Morgan fingerprint density at radius 1 is 1.26 bits per heavy atom. The minimum Gasteiger partial charge on any atom is -0.494 e. The molecule has 0 aliphatic carbocycles. The van der Waals surface area contributed by atoms with Gasteiger partial charge in [0, 0.05) is 30.8 Å². The van der Waals surface area contributed by atoms with Crippen molar-refractivity contribution in [3.05, 3.63) is 36.2 Å². The van der Waals surface area contributed by atoms with Gasteiger partial charge in [-0.3, -0.25) is 4.68 Å². The van der Waals surface area contributed by atoms with Crippen LogP contribution < -0.4 is 15.4 Å². The molecular formula is C24H31FN8O2. The first-order valence-electron chi connectivity index (χ1n) is 11.8. The molecule has 0 bridgehead atoms. The van der Waals surface area contributed by atoms with Crippen molar-refractivity contribution in [2.45, 2.75) is 64.1 Å². The maximum Gasteiger partial charge on any atom is 0.223 e. The Morgan fingerprint density at radius 2 is 2.03 bits per heavy atom. The second-order valence-electron chi connectivity index (χ2n) is 9.93. The number of piperidine rings is 1. The third kappa shape index (κ3) is 3.83. The zero-order chi connectivity index (χ0) is 25.1. The lowest BCUT2D eigenvalue weighted by Crippen LogP contribution is -2.41. The molecule has 1 aliphatic rings. The summed E-state index contributed by atoms with van der Waals surface area (Å²) in [4.78, 5) is 11.5. The number of fused-ring (bicyclic) bond motifs is 3. The van der Waals surface area contributed by atoms with E-state index in [9.17, 15) is 9.50 Å². The van der Waals surface area contributed by atoms with Crippen molar-refractivity contribution in [1.82, 2.24) is 29.4 Å². The summed E-state index contributed by atoms with van der Waals surface area (Å²) >= 11 is 0. The first-order chi connectivity index (χ1) is 16.6. The van der Waals surface area contributed by atoms with Crippen LogP contribution in [0.2, 0.25) is 0 Å². The van der Waals surface area contributed by atoms with Crippen LogP contribution in [0, 0.1) is 5.82 Å². The summed E-state index contributed by atoms with van der Waals surface area (Å²) in [5.41, 5.74) is 7.56. The number of benzene rings is 1. The van der Waals surface area contributed by atoms with E-state index in [0.29, 0.717) is 40.7 Å². The van der Waals surface area contributed by atoms with Crippen molar-refractivity contribution in [1.29, 1.82) is 0 Å². The van der Waals surface area contributed by atoms with Gasteiger partial charge in [0.05, 0.1) is 36.0 Å². The van der Waals surface area contributed by atoms with Crippen LogP contribution in [-0.4, -0.2) is 60.3 Å². The SMILES string of the molecule is COc1cc(F)cc2c1nc(N)n1nc(C3CCC(C)N(c4cnn(C(C)(C)C(C)O)c4)C3)nc21. The van der Waals surface area contributed by atoms with E-state index >= 15 is 0 Å². The van der Waals surface area contributed by atoms with Crippen LogP contribution >= 0.6 is 0 Å². The molecule has 10 nitrogen and oxygen atoms in total. The molecule has 0 radical (unpaired) electrons. The van der Waals surface area contributed by atoms with Crippen molar-refractivity contribution >= 4 is 28.2 Å². The minimum atomic E-state index is -0.554. The number of nitrogen functional groups attached to an aromatic ring is 1. The van der Waals surface area contributed by atoms with Crippen LogP contribution in [0.4, 0.5) is 16.0 Å². The molecule has 3 atom stereocenters. The van der Waals surface area contributed by atoms with Crippen molar-refractivity contribution in [2.75, 3.05) is 24.3 Å². The largest absolute Gasteiger partial charge is 0.494 e. The molecule has 186 valence electrons. The average molecular weight is 483 g/mol. The molecule has 1 saturated heterocycles. The van der Waals surface area contributed by atoms with Crippen molar-refractivity contribution < 1.29 is 14.2 Å². The minimum absolute atomic E-state index is 0.0455. The molecular weight excluding hydrogens is 451 g/mol. The van der Waals surface area contributed by atoms with Crippen LogP contribution in [0.1, 0.15) is 52.3 Å². The van der Waals surface area contributed by atoms with Crippen LogP contribution in [0.15, 0.2) is 24.5 Å². The molecule has 0 amide bonds. The highest BCUT2D eigenvalue weighted by atomic mass is 19.1. The monoisotopic (exact) mass is 482 g/mol. The van der Waals surface area contributed by atoms with Crippen LogP contribution in [-0.2, 0) is 5.54 Å². The number of halogens is 1. The van der Waals surface area contributed by atoms with E-state index in [1.54, 1.807) is 6.92 Å². The Morgan fingerprint density at radius 3 is 2.74 bits per heavy atom. The van der Waals surface area contributed by atoms with Crippen molar-refractivity contribution in [3.8, 4) is 5.75 Å². The summed E-state index contributed by atoms with van der Waals surface area (Å²) < 4.78 is 22.9. The van der Waals surface area contributed by atoms with Gasteiger partial charge in [0.1, 0.15) is 17.1 Å². The first kappa shape index (κ1) is 23.3. The molecule has 3 aromatic heterocycles. The van der Waals surface area contributed by atoms with Gasteiger partial charge in [-0.2, -0.15) is 9.61 Å².